The largest absolute Gasteiger partial charge is 0.468 e. The van der Waals surface area contributed by atoms with Crippen LogP contribution in [0.2, 0.25) is 0 Å². The smallest absolute Gasteiger partial charge is 0.247 e. The molecule has 1 atom stereocenters. The summed E-state index contributed by atoms with van der Waals surface area (Å²) >= 11 is 1.16. The molecule has 1 fully saturated rings. The second kappa shape index (κ2) is 8.44. The number of nitrogens with zero attached hydrogens (tertiary/aromatic N) is 1. The number of benzene rings is 1. The molecule has 2 aromatic rings. The predicted octanol–water partition coefficient (Wildman–Crippen LogP) is 2.43. The van der Waals surface area contributed by atoms with Crippen molar-refractivity contribution in [3.63, 3.8) is 0 Å². The summed E-state index contributed by atoms with van der Waals surface area (Å²) in [5.41, 5.74) is 0.391. The van der Waals surface area contributed by atoms with Gasteiger partial charge in [-0.05, 0) is 49.1 Å². The van der Waals surface area contributed by atoms with Gasteiger partial charge in [-0.1, -0.05) is 6.92 Å². The number of furan rings is 1. The van der Waals surface area contributed by atoms with Crippen LogP contribution in [0.1, 0.15) is 25.5 Å². The van der Waals surface area contributed by atoms with E-state index in [4.69, 9.17) is 4.42 Å². The summed E-state index contributed by atoms with van der Waals surface area (Å²) in [5, 5.41) is 1.85. The van der Waals surface area contributed by atoms with E-state index < -0.39 is 21.2 Å². The average Bonchev–Trinajstić information content (AvgIpc) is 3.25. The monoisotopic (exact) mass is 449 g/mol. The van der Waals surface area contributed by atoms with Crippen LogP contribution in [-0.4, -0.2) is 43.5 Å². The Labute approximate surface area is 179 Å². The first-order valence-corrected chi connectivity index (χ1v) is 12.1. The molecule has 3 heterocycles. The Morgan fingerprint density at radius 2 is 2.07 bits per heavy atom. The molecule has 0 saturated carbocycles. The molecule has 30 heavy (non-hydrogen) atoms. The van der Waals surface area contributed by atoms with Gasteiger partial charge >= 0.3 is 0 Å². The summed E-state index contributed by atoms with van der Waals surface area (Å²) in [7, 11) is -3.79. The van der Waals surface area contributed by atoms with Gasteiger partial charge in [0.2, 0.25) is 21.8 Å². The molecule has 2 N–H and O–H groups in total. The van der Waals surface area contributed by atoms with Crippen LogP contribution in [-0.2, 0) is 26.2 Å². The molecule has 2 aliphatic heterocycles. The summed E-state index contributed by atoms with van der Waals surface area (Å²) in [6.07, 6.45) is 3.35. The number of thioether (sulfide) groups is 1. The number of piperidine rings is 1. The first kappa shape index (κ1) is 21.0. The van der Waals surface area contributed by atoms with Gasteiger partial charge in [0, 0.05) is 18.0 Å². The quantitative estimate of drug-likeness (QED) is 0.679. The van der Waals surface area contributed by atoms with Crippen molar-refractivity contribution in [2.45, 2.75) is 41.4 Å². The van der Waals surface area contributed by atoms with Gasteiger partial charge < -0.3 is 14.6 Å². The van der Waals surface area contributed by atoms with Gasteiger partial charge in [0.15, 0.2) is 5.25 Å². The van der Waals surface area contributed by atoms with Crippen molar-refractivity contribution in [3.05, 3.63) is 42.4 Å². The predicted molar refractivity (Wildman–Crippen MR) is 112 cm³/mol. The SMILES string of the molecule is CC1CCN(C(=O)C2Sc3ccc(S(=O)(=O)NCc4ccco4)cc3NC2=O)CC1. The molecule has 4 rings (SSSR count). The van der Waals surface area contributed by atoms with E-state index in [2.05, 4.69) is 17.0 Å². The zero-order valence-corrected chi connectivity index (χ0v) is 18.1. The van der Waals surface area contributed by atoms with E-state index in [1.54, 1.807) is 23.1 Å². The Morgan fingerprint density at radius 1 is 1.30 bits per heavy atom. The van der Waals surface area contributed by atoms with Gasteiger partial charge in [0.1, 0.15) is 5.76 Å². The van der Waals surface area contributed by atoms with Crippen LogP contribution in [0.15, 0.2) is 50.8 Å². The maximum Gasteiger partial charge on any atom is 0.247 e. The Bertz CT molecular complexity index is 1040. The molecule has 0 bridgehead atoms. The molecule has 1 saturated heterocycles. The lowest BCUT2D eigenvalue weighted by molar-refractivity contribution is -0.135. The number of carbonyl (C=O) groups is 2. The van der Waals surface area contributed by atoms with Gasteiger partial charge in [0.05, 0.1) is 23.4 Å². The molecule has 0 spiro atoms. The highest BCUT2D eigenvalue weighted by atomic mass is 32.2. The Morgan fingerprint density at radius 3 is 2.77 bits per heavy atom. The zero-order chi connectivity index (χ0) is 21.3. The molecule has 8 nitrogen and oxygen atoms in total. The molecule has 0 radical (unpaired) electrons. The lowest BCUT2D eigenvalue weighted by atomic mass is 9.99. The standard InChI is InChI=1S/C20H23N3O5S2/c1-13-6-8-23(9-7-13)20(25)18-19(24)22-16-11-15(4-5-17(16)29-18)30(26,27)21-12-14-3-2-10-28-14/h2-5,10-11,13,18,21H,6-9,12H2,1H3,(H,22,24). The van der Waals surface area contributed by atoms with E-state index in [9.17, 15) is 18.0 Å². The van der Waals surface area contributed by atoms with Crippen molar-refractivity contribution in [2.24, 2.45) is 5.92 Å². The fourth-order valence-corrected chi connectivity index (χ4v) is 5.55. The summed E-state index contributed by atoms with van der Waals surface area (Å²) in [5.74, 6) is 0.472. The number of likely N-dealkylation sites (tertiary alicyclic amines) is 1. The van der Waals surface area contributed by atoms with Gasteiger partial charge in [-0.2, -0.15) is 0 Å². The molecule has 2 amide bonds. The number of anilines is 1. The van der Waals surface area contributed by atoms with Crippen LogP contribution in [0, 0.1) is 5.92 Å². The normalized spacial score (nSPS) is 20.0. The minimum absolute atomic E-state index is 0.0263. The number of hydrogen-bond acceptors (Lipinski definition) is 6. The minimum atomic E-state index is -3.79. The summed E-state index contributed by atoms with van der Waals surface area (Å²) in [6.45, 7) is 3.51. The molecular weight excluding hydrogens is 426 g/mol. The van der Waals surface area contributed by atoms with E-state index in [0.717, 1.165) is 24.6 Å². The number of hydrogen-bond donors (Lipinski definition) is 2. The molecule has 2 aliphatic rings. The lowest BCUT2D eigenvalue weighted by Gasteiger charge is -2.33. The number of sulfonamides is 1. The fourth-order valence-electron chi connectivity index (χ4n) is 3.48. The third-order valence-electron chi connectivity index (χ3n) is 5.34. The van der Waals surface area contributed by atoms with Crippen molar-refractivity contribution < 1.29 is 22.4 Å². The maximum atomic E-state index is 12.8. The third kappa shape index (κ3) is 4.40. The maximum absolute atomic E-state index is 12.8. The number of nitrogens with one attached hydrogen (secondary N) is 2. The van der Waals surface area contributed by atoms with Crippen molar-refractivity contribution in [1.82, 2.24) is 9.62 Å². The van der Waals surface area contributed by atoms with Gasteiger partial charge in [-0.25, -0.2) is 13.1 Å². The Balaban J connectivity index is 1.47. The van der Waals surface area contributed by atoms with Crippen LogP contribution in [0.5, 0.6) is 0 Å². The Hall–Kier alpha value is -2.30. The van der Waals surface area contributed by atoms with Crippen molar-refractivity contribution in [1.29, 1.82) is 0 Å². The fraction of sp³-hybridized carbons (Fsp3) is 0.400. The number of carbonyl (C=O) groups excluding carboxylic acids is 2. The highest BCUT2D eigenvalue weighted by molar-refractivity contribution is 8.01. The van der Waals surface area contributed by atoms with Crippen LogP contribution >= 0.6 is 11.8 Å². The summed E-state index contributed by atoms with van der Waals surface area (Å²) in [6, 6.07) is 7.86. The number of amides is 2. The molecule has 1 aromatic carbocycles. The topological polar surface area (TPSA) is 109 Å². The van der Waals surface area contributed by atoms with Crippen LogP contribution < -0.4 is 10.0 Å². The first-order valence-electron chi connectivity index (χ1n) is 9.76. The van der Waals surface area contributed by atoms with Crippen LogP contribution in [0.3, 0.4) is 0 Å². The number of fused-ring (bicyclic) bond motifs is 1. The third-order valence-corrected chi connectivity index (χ3v) is 8.00. The highest BCUT2D eigenvalue weighted by Gasteiger charge is 2.37. The molecular formula is C20H23N3O5S2. The van der Waals surface area contributed by atoms with Gasteiger partial charge in [0.25, 0.3) is 0 Å². The van der Waals surface area contributed by atoms with Crippen LogP contribution in [0.4, 0.5) is 5.69 Å². The average molecular weight is 450 g/mol. The second-order valence-electron chi connectivity index (χ2n) is 7.56. The second-order valence-corrected chi connectivity index (χ2v) is 10.5. The van der Waals surface area contributed by atoms with Crippen molar-refractivity contribution in [2.75, 3.05) is 18.4 Å². The molecule has 1 aromatic heterocycles. The van der Waals surface area contributed by atoms with Crippen molar-refractivity contribution in [3.8, 4) is 0 Å². The summed E-state index contributed by atoms with van der Waals surface area (Å²) < 4.78 is 32.7. The van der Waals surface area contributed by atoms with E-state index in [1.807, 2.05) is 0 Å². The molecule has 1 unspecified atom stereocenters. The molecule has 160 valence electrons. The van der Waals surface area contributed by atoms with E-state index in [1.165, 1.54) is 18.4 Å². The van der Waals surface area contributed by atoms with Gasteiger partial charge in [-0.15, -0.1) is 11.8 Å². The Kier molecular flexibility index (Phi) is 5.90. The molecule has 10 heteroatoms. The van der Waals surface area contributed by atoms with E-state index in [-0.39, 0.29) is 17.3 Å². The van der Waals surface area contributed by atoms with Crippen molar-refractivity contribution >= 4 is 39.3 Å². The van der Waals surface area contributed by atoms with E-state index >= 15 is 0 Å². The lowest BCUT2D eigenvalue weighted by Crippen LogP contribution is -2.47. The number of rotatable bonds is 5. The zero-order valence-electron chi connectivity index (χ0n) is 16.5. The highest BCUT2D eigenvalue weighted by Crippen LogP contribution is 2.38. The summed E-state index contributed by atoms with van der Waals surface area (Å²) in [4.78, 5) is 27.9. The van der Waals surface area contributed by atoms with Gasteiger partial charge in [-0.3, -0.25) is 9.59 Å². The minimum Gasteiger partial charge on any atom is -0.468 e. The van der Waals surface area contributed by atoms with E-state index in [0.29, 0.717) is 35.4 Å². The van der Waals surface area contributed by atoms with Crippen LogP contribution in [0.25, 0.3) is 0 Å². The molecule has 0 aliphatic carbocycles. The first-order chi connectivity index (χ1) is 14.3.